The summed E-state index contributed by atoms with van der Waals surface area (Å²) >= 11 is 0. The van der Waals surface area contributed by atoms with Gasteiger partial charge in [-0.05, 0) is 18.8 Å². The molecule has 56 valence electrons. The van der Waals surface area contributed by atoms with Crippen molar-refractivity contribution in [1.82, 2.24) is 0 Å². The average molecular weight is 138 g/mol. The van der Waals surface area contributed by atoms with Gasteiger partial charge in [0.25, 0.3) is 5.71 Å². The molecular formula is C8H14N2. The second-order valence-corrected chi connectivity index (χ2v) is 3.20. The van der Waals surface area contributed by atoms with E-state index in [2.05, 4.69) is 11.7 Å². The van der Waals surface area contributed by atoms with Crippen LogP contribution >= 0.6 is 0 Å². The van der Waals surface area contributed by atoms with Crippen molar-refractivity contribution in [2.24, 2.45) is 5.92 Å². The van der Waals surface area contributed by atoms with Crippen LogP contribution in [0.25, 0.3) is 5.53 Å². The number of hydrogen-bond donors (Lipinski definition) is 0. The number of hydrogen-bond acceptors (Lipinski definition) is 0. The fraction of sp³-hybridized carbons (Fsp3) is 0.875. The summed E-state index contributed by atoms with van der Waals surface area (Å²) in [6.45, 7) is 2.26. The standard InChI is InChI=1S/C8H14N2/c1-7-3-2-4-8(10-9)6-5-7/h7H,2-6H2,1H3. The van der Waals surface area contributed by atoms with Gasteiger partial charge in [0.2, 0.25) is 0 Å². The Balaban J connectivity index is 2.48. The van der Waals surface area contributed by atoms with E-state index in [9.17, 15) is 0 Å². The highest BCUT2D eigenvalue weighted by molar-refractivity contribution is 5.79. The summed E-state index contributed by atoms with van der Waals surface area (Å²) in [4.78, 5) is 3.26. The van der Waals surface area contributed by atoms with Gasteiger partial charge in [0.05, 0.1) is 0 Å². The lowest BCUT2D eigenvalue weighted by molar-refractivity contribution is -0.0112. The molecule has 10 heavy (non-hydrogen) atoms. The molecule has 0 aromatic rings. The molecule has 0 spiro atoms. The maximum atomic E-state index is 8.49. The van der Waals surface area contributed by atoms with Gasteiger partial charge in [-0.25, -0.2) is 0 Å². The molecule has 1 saturated carbocycles. The third-order valence-electron chi connectivity index (χ3n) is 2.23. The Bertz CT molecular complexity index is 157. The summed E-state index contributed by atoms with van der Waals surface area (Å²) in [5.41, 5.74) is 9.48. The molecule has 0 saturated heterocycles. The van der Waals surface area contributed by atoms with Crippen LogP contribution in [0, 0.1) is 5.92 Å². The Morgan fingerprint density at radius 1 is 1.40 bits per heavy atom. The summed E-state index contributed by atoms with van der Waals surface area (Å²) in [6, 6.07) is 0. The van der Waals surface area contributed by atoms with Crippen molar-refractivity contribution in [1.29, 1.82) is 0 Å². The molecule has 2 heteroatoms. The van der Waals surface area contributed by atoms with E-state index in [0.29, 0.717) is 0 Å². The average Bonchev–Trinajstić information content (AvgIpc) is 2.14. The van der Waals surface area contributed by atoms with Gasteiger partial charge in [0, 0.05) is 12.8 Å². The van der Waals surface area contributed by atoms with E-state index in [0.717, 1.165) is 24.5 Å². The van der Waals surface area contributed by atoms with Crippen molar-refractivity contribution >= 4 is 5.71 Å². The van der Waals surface area contributed by atoms with Gasteiger partial charge >= 0.3 is 0 Å². The Kier molecular flexibility index (Phi) is 2.64. The molecule has 0 radical (unpaired) electrons. The van der Waals surface area contributed by atoms with Crippen LogP contribution in [0.4, 0.5) is 0 Å². The zero-order valence-electron chi connectivity index (χ0n) is 6.51. The highest BCUT2D eigenvalue weighted by atomic mass is 14.9. The molecule has 0 heterocycles. The first-order valence-corrected chi connectivity index (χ1v) is 4.02. The lowest BCUT2D eigenvalue weighted by Crippen LogP contribution is -1.96. The van der Waals surface area contributed by atoms with Gasteiger partial charge in [-0.3, -0.25) is 0 Å². The third kappa shape index (κ3) is 1.96. The van der Waals surface area contributed by atoms with Crippen molar-refractivity contribution in [2.45, 2.75) is 39.0 Å². The number of rotatable bonds is 0. The van der Waals surface area contributed by atoms with Crippen LogP contribution < -0.4 is 0 Å². The highest BCUT2D eigenvalue weighted by Gasteiger charge is 2.15. The second kappa shape index (κ2) is 3.52. The van der Waals surface area contributed by atoms with Gasteiger partial charge in [0.15, 0.2) is 0 Å². The molecule has 0 aromatic carbocycles. The first-order valence-electron chi connectivity index (χ1n) is 4.02. The summed E-state index contributed by atoms with van der Waals surface area (Å²) in [5.74, 6) is 0.819. The summed E-state index contributed by atoms with van der Waals surface area (Å²) in [7, 11) is 0. The minimum Gasteiger partial charge on any atom is -0.362 e. The van der Waals surface area contributed by atoms with E-state index < -0.39 is 0 Å². The van der Waals surface area contributed by atoms with E-state index >= 15 is 0 Å². The SMILES string of the molecule is CC1CCCC(=[N+]=[N-])CC1. The topological polar surface area (TPSA) is 36.4 Å². The van der Waals surface area contributed by atoms with Crippen molar-refractivity contribution < 1.29 is 4.79 Å². The van der Waals surface area contributed by atoms with Crippen molar-refractivity contribution in [3.8, 4) is 0 Å². The van der Waals surface area contributed by atoms with E-state index in [4.69, 9.17) is 5.53 Å². The summed E-state index contributed by atoms with van der Waals surface area (Å²) in [5, 5.41) is 0. The van der Waals surface area contributed by atoms with E-state index in [1.54, 1.807) is 0 Å². The molecule has 0 aliphatic heterocycles. The predicted molar refractivity (Wildman–Crippen MR) is 40.9 cm³/mol. The highest BCUT2D eigenvalue weighted by Crippen LogP contribution is 2.19. The molecule has 1 aliphatic carbocycles. The molecule has 0 amide bonds. The van der Waals surface area contributed by atoms with Gasteiger partial charge in [-0.1, -0.05) is 13.3 Å². The van der Waals surface area contributed by atoms with Gasteiger partial charge in [0.1, 0.15) is 0 Å². The number of nitrogens with zero attached hydrogens (tertiary/aromatic N) is 2. The molecule has 0 bridgehead atoms. The Morgan fingerprint density at radius 3 is 2.90 bits per heavy atom. The van der Waals surface area contributed by atoms with Crippen LogP contribution in [-0.4, -0.2) is 10.5 Å². The van der Waals surface area contributed by atoms with Crippen LogP contribution in [-0.2, 0) is 0 Å². The van der Waals surface area contributed by atoms with Crippen LogP contribution in [0.3, 0.4) is 0 Å². The predicted octanol–water partition coefficient (Wildman–Crippen LogP) is 2.26. The minimum absolute atomic E-state index is 0.819. The zero-order chi connectivity index (χ0) is 7.40. The molecule has 1 fully saturated rings. The third-order valence-corrected chi connectivity index (χ3v) is 2.23. The molecule has 1 rings (SSSR count). The van der Waals surface area contributed by atoms with Crippen LogP contribution in [0.5, 0.6) is 0 Å². The maximum absolute atomic E-state index is 8.49. The molecule has 0 N–H and O–H groups in total. The molecule has 1 unspecified atom stereocenters. The van der Waals surface area contributed by atoms with Crippen molar-refractivity contribution in [3.05, 3.63) is 5.53 Å². The first-order chi connectivity index (χ1) is 4.83. The quantitative estimate of drug-likeness (QED) is 0.280. The van der Waals surface area contributed by atoms with Crippen LogP contribution in [0.2, 0.25) is 0 Å². The van der Waals surface area contributed by atoms with Gasteiger partial charge in [-0.15, -0.1) is 0 Å². The maximum Gasteiger partial charge on any atom is 0.268 e. The van der Waals surface area contributed by atoms with E-state index in [1.165, 1.54) is 19.3 Å². The van der Waals surface area contributed by atoms with Crippen LogP contribution in [0.15, 0.2) is 0 Å². The Hall–Kier alpha value is -0.620. The summed E-state index contributed by atoms with van der Waals surface area (Å²) in [6.07, 6.45) is 5.68. The van der Waals surface area contributed by atoms with Crippen LogP contribution in [0.1, 0.15) is 39.0 Å². The Morgan fingerprint density at radius 2 is 2.20 bits per heavy atom. The molecule has 1 aliphatic rings. The Labute approximate surface area is 61.9 Å². The van der Waals surface area contributed by atoms with Gasteiger partial charge < -0.3 is 5.53 Å². The summed E-state index contributed by atoms with van der Waals surface area (Å²) < 4.78 is 0. The lowest BCUT2D eigenvalue weighted by Gasteiger charge is -2.01. The lowest BCUT2D eigenvalue weighted by atomic mass is 10.0. The molecule has 2 nitrogen and oxygen atoms in total. The first kappa shape index (κ1) is 7.49. The van der Waals surface area contributed by atoms with Gasteiger partial charge in [-0.2, -0.15) is 4.79 Å². The molecule has 0 aromatic heterocycles. The molecular weight excluding hydrogens is 124 g/mol. The van der Waals surface area contributed by atoms with Crippen molar-refractivity contribution in [2.75, 3.05) is 0 Å². The largest absolute Gasteiger partial charge is 0.362 e. The normalized spacial score (nSPS) is 27.3. The molecule has 1 atom stereocenters. The van der Waals surface area contributed by atoms with E-state index in [1.807, 2.05) is 0 Å². The fourth-order valence-corrected chi connectivity index (χ4v) is 1.44. The minimum atomic E-state index is 0.819. The fourth-order valence-electron chi connectivity index (χ4n) is 1.44. The monoisotopic (exact) mass is 138 g/mol. The smallest absolute Gasteiger partial charge is 0.268 e. The zero-order valence-corrected chi connectivity index (χ0v) is 6.51. The van der Waals surface area contributed by atoms with Crippen molar-refractivity contribution in [3.63, 3.8) is 0 Å². The second-order valence-electron chi connectivity index (χ2n) is 3.20. The van der Waals surface area contributed by atoms with E-state index in [-0.39, 0.29) is 0 Å².